The van der Waals surface area contributed by atoms with Crippen LogP contribution in [0.25, 0.3) is 0 Å². The quantitative estimate of drug-likeness (QED) is 0.839. The number of halogens is 1. The van der Waals surface area contributed by atoms with E-state index in [9.17, 15) is 4.39 Å². The first-order valence-corrected chi connectivity index (χ1v) is 5.88. The largest absolute Gasteiger partial charge is 0.397 e. The standard InChI is InChI=1S/C15H17FN2/c1-11-3-5-12(6-4-11)10-18(2)15-8-7-13(16)9-14(15)17/h3-9H,10,17H2,1-2H3. The Labute approximate surface area is 107 Å². The molecule has 2 rings (SSSR count). The average molecular weight is 244 g/mol. The van der Waals surface area contributed by atoms with Gasteiger partial charge in [-0.05, 0) is 30.7 Å². The maximum absolute atomic E-state index is 13.0. The molecule has 0 heterocycles. The molecule has 0 aliphatic heterocycles. The minimum Gasteiger partial charge on any atom is -0.397 e. The Bertz CT molecular complexity index is 535. The Hall–Kier alpha value is -2.03. The first kappa shape index (κ1) is 12.4. The lowest BCUT2D eigenvalue weighted by molar-refractivity contribution is 0.628. The molecule has 0 aliphatic rings. The SMILES string of the molecule is Cc1ccc(CN(C)c2ccc(F)cc2N)cc1. The lowest BCUT2D eigenvalue weighted by Gasteiger charge is -2.21. The maximum Gasteiger partial charge on any atom is 0.125 e. The van der Waals surface area contributed by atoms with Crippen molar-refractivity contribution in [2.24, 2.45) is 0 Å². The molecule has 94 valence electrons. The second-order valence-electron chi connectivity index (χ2n) is 4.54. The molecular weight excluding hydrogens is 227 g/mol. The zero-order valence-corrected chi connectivity index (χ0v) is 10.7. The van der Waals surface area contributed by atoms with Gasteiger partial charge in [-0.2, -0.15) is 0 Å². The van der Waals surface area contributed by atoms with E-state index in [1.807, 2.05) is 11.9 Å². The van der Waals surface area contributed by atoms with Gasteiger partial charge in [-0.3, -0.25) is 0 Å². The third kappa shape index (κ3) is 2.80. The monoisotopic (exact) mass is 244 g/mol. The van der Waals surface area contributed by atoms with Crippen LogP contribution in [0.1, 0.15) is 11.1 Å². The summed E-state index contributed by atoms with van der Waals surface area (Å²) in [6.07, 6.45) is 0. The molecule has 0 aromatic heterocycles. The number of nitrogens with zero attached hydrogens (tertiary/aromatic N) is 1. The molecule has 18 heavy (non-hydrogen) atoms. The number of nitrogen functional groups attached to an aromatic ring is 1. The highest BCUT2D eigenvalue weighted by molar-refractivity contribution is 5.67. The summed E-state index contributed by atoms with van der Waals surface area (Å²) in [5.41, 5.74) is 9.56. The number of hydrogen-bond acceptors (Lipinski definition) is 2. The fourth-order valence-corrected chi connectivity index (χ4v) is 1.93. The summed E-state index contributed by atoms with van der Waals surface area (Å²) in [6, 6.07) is 12.8. The minimum absolute atomic E-state index is 0.306. The Kier molecular flexibility index (Phi) is 3.51. The molecule has 0 saturated heterocycles. The van der Waals surface area contributed by atoms with Crippen molar-refractivity contribution in [3.05, 3.63) is 59.4 Å². The topological polar surface area (TPSA) is 29.3 Å². The molecule has 2 N–H and O–H groups in total. The molecule has 3 heteroatoms. The average Bonchev–Trinajstić information content (AvgIpc) is 2.32. The summed E-state index contributed by atoms with van der Waals surface area (Å²) >= 11 is 0. The fraction of sp³-hybridized carbons (Fsp3) is 0.200. The Balaban J connectivity index is 2.16. The highest BCUT2D eigenvalue weighted by Crippen LogP contribution is 2.24. The van der Waals surface area contributed by atoms with Crippen molar-refractivity contribution in [2.75, 3.05) is 17.7 Å². The van der Waals surface area contributed by atoms with Gasteiger partial charge in [-0.25, -0.2) is 4.39 Å². The minimum atomic E-state index is -0.306. The Morgan fingerprint density at radius 3 is 2.39 bits per heavy atom. The van der Waals surface area contributed by atoms with Gasteiger partial charge in [0.2, 0.25) is 0 Å². The van der Waals surface area contributed by atoms with Gasteiger partial charge in [-0.1, -0.05) is 29.8 Å². The van der Waals surface area contributed by atoms with E-state index in [2.05, 4.69) is 31.2 Å². The number of rotatable bonds is 3. The van der Waals surface area contributed by atoms with Crippen LogP contribution in [0.2, 0.25) is 0 Å². The molecule has 0 spiro atoms. The molecule has 0 saturated carbocycles. The van der Waals surface area contributed by atoms with Crippen LogP contribution in [0.15, 0.2) is 42.5 Å². The lowest BCUT2D eigenvalue weighted by atomic mass is 10.1. The van der Waals surface area contributed by atoms with Gasteiger partial charge in [0, 0.05) is 13.6 Å². The van der Waals surface area contributed by atoms with Crippen molar-refractivity contribution in [3.63, 3.8) is 0 Å². The summed E-state index contributed by atoms with van der Waals surface area (Å²) in [4.78, 5) is 2.01. The molecule has 0 unspecified atom stereocenters. The summed E-state index contributed by atoms with van der Waals surface area (Å²) in [5.74, 6) is -0.306. The number of benzene rings is 2. The normalized spacial score (nSPS) is 10.4. The van der Waals surface area contributed by atoms with Gasteiger partial charge in [0.15, 0.2) is 0 Å². The van der Waals surface area contributed by atoms with Gasteiger partial charge in [0.05, 0.1) is 11.4 Å². The number of nitrogens with two attached hydrogens (primary N) is 1. The second-order valence-corrected chi connectivity index (χ2v) is 4.54. The molecular formula is C15H17FN2. The molecule has 0 radical (unpaired) electrons. The second kappa shape index (κ2) is 5.08. The van der Waals surface area contributed by atoms with E-state index < -0.39 is 0 Å². The van der Waals surface area contributed by atoms with Crippen LogP contribution in [-0.2, 0) is 6.54 Å². The zero-order valence-electron chi connectivity index (χ0n) is 10.7. The molecule has 2 aromatic rings. The van der Waals surface area contributed by atoms with Gasteiger partial charge in [0.1, 0.15) is 5.82 Å². The Morgan fingerprint density at radius 2 is 1.78 bits per heavy atom. The third-order valence-corrected chi connectivity index (χ3v) is 2.94. The molecule has 0 aliphatic carbocycles. The van der Waals surface area contributed by atoms with Gasteiger partial charge in [-0.15, -0.1) is 0 Å². The smallest absolute Gasteiger partial charge is 0.125 e. The van der Waals surface area contributed by atoms with Crippen molar-refractivity contribution in [1.29, 1.82) is 0 Å². The lowest BCUT2D eigenvalue weighted by Crippen LogP contribution is -2.17. The van der Waals surface area contributed by atoms with E-state index in [1.165, 1.54) is 23.3 Å². The van der Waals surface area contributed by atoms with E-state index >= 15 is 0 Å². The molecule has 0 fully saturated rings. The predicted molar refractivity (Wildman–Crippen MR) is 74.1 cm³/mol. The first-order chi connectivity index (χ1) is 8.56. The highest BCUT2D eigenvalue weighted by Gasteiger charge is 2.06. The van der Waals surface area contributed by atoms with Crippen molar-refractivity contribution >= 4 is 11.4 Å². The zero-order chi connectivity index (χ0) is 13.1. The first-order valence-electron chi connectivity index (χ1n) is 5.88. The van der Waals surface area contributed by atoms with E-state index in [-0.39, 0.29) is 5.82 Å². The van der Waals surface area contributed by atoms with Crippen LogP contribution in [0.5, 0.6) is 0 Å². The van der Waals surface area contributed by atoms with Gasteiger partial charge in [0.25, 0.3) is 0 Å². The van der Waals surface area contributed by atoms with Crippen molar-refractivity contribution in [2.45, 2.75) is 13.5 Å². The third-order valence-electron chi connectivity index (χ3n) is 2.94. The van der Waals surface area contributed by atoms with E-state index in [0.717, 1.165) is 12.2 Å². The van der Waals surface area contributed by atoms with Crippen LogP contribution in [0.4, 0.5) is 15.8 Å². The highest BCUT2D eigenvalue weighted by atomic mass is 19.1. The number of anilines is 2. The van der Waals surface area contributed by atoms with Crippen molar-refractivity contribution < 1.29 is 4.39 Å². The van der Waals surface area contributed by atoms with E-state index in [0.29, 0.717) is 5.69 Å². The molecule has 0 bridgehead atoms. The van der Waals surface area contributed by atoms with Crippen LogP contribution in [0.3, 0.4) is 0 Å². The van der Waals surface area contributed by atoms with Crippen LogP contribution >= 0.6 is 0 Å². The van der Waals surface area contributed by atoms with Gasteiger partial charge < -0.3 is 10.6 Å². The van der Waals surface area contributed by atoms with Crippen molar-refractivity contribution in [3.8, 4) is 0 Å². The molecule has 2 aromatic carbocycles. The van der Waals surface area contributed by atoms with Gasteiger partial charge >= 0.3 is 0 Å². The van der Waals surface area contributed by atoms with Crippen LogP contribution in [-0.4, -0.2) is 7.05 Å². The van der Waals surface area contributed by atoms with Crippen molar-refractivity contribution in [1.82, 2.24) is 0 Å². The van der Waals surface area contributed by atoms with Crippen LogP contribution < -0.4 is 10.6 Å². The fourth-order valence-electron chi connectivity index (χ4n) is 1.93. The van der Waals surface area contributed by atoms with E-state index in [1.54, 1.807) is 6.07 Å². The van der Waals surface area contributed by atoms with E-state index in [4.69, 9.17) is 5.73 Å². The molecule has 0 amide bonds. The summed E-state index contributed by atoms with van der Waals surface area (Å²) in [5, 5.41) is 0. The summed E-state index contributed by atoms with van der Waals surface area (Å²) in [6.45, 7) is 2.81. The molecule has 2 nitrogen and oxygen atoms in total. The summed E-state index contributed by atoms with van der Waals surface area (Å²) in [7, 11) is 1.95. The number of aryl methyl sites for hydroxylation is 1. The predicted octanol–water partition coefficient (Wildman–Crippen LogP) is 3.35. The maximum atomic E-state index is 13.0. The summed E-state index contributed by atoms with van der Waals surface area (Å²) < 4.78 is 13.0. The Morgan fingerprint density at radius 1 is 1.11 bits per heavy atom. The number of hydrogen-bond donors (Lipinski definition) is 1. The molecule has 0 atom stereocenters. The van der Waals surface area contributed by atoms with Crippen LogP contribution in [0, 0.1) is 12.7 Å².